The van der Waals surface area contributed by atoms with E-state index >= 15 is 0 Å². The third-order valence-electron chi connectivity index (χ3n) is 2.69. The van der Waals surface area contributed by atoms with Crippen LogP contribution in [0.2, 0.25) is 0 Å². The van der Waals surface area contributed by atoms with Crippen molar-refractivity contribution in [1.29, 1.82) is 0 Å². The lowest BCUT2D eigenvalue weighted by atomic mass is 10.1. The second kappa shape index (κ2) is 7.06. The fourth-order valence-corrected chi connectivity index (χ4v) is 2.51. The second-order valence-corrected chi connectivity index (χ2v) is 5.76. The fourth-order valence-electron chi connectivity index (χ4n) is 1.60. The molecule has 0 bridgehead atoms. The molecule has 2 rings (SSSR count). The number of nitrogens with one attached hydrogen (secondary N) is 1. The number of carbonyl (C=O) groups is 1. The van der Waals surface area contributed by atoms with Crippen LogP contribution in [0.25, 0.3) is 0 Å². The van der Waals surface area contributed by atoms with Crippen molar-refractivity contribution in [1.82, 2.24) is 10.2 Å². The molecule has 0 aliphatic heterocycles. The van der Waals surface area contributed by atoms with E-state index in [4.69, 9.17) is 11.6 Å². The van der Waals surface area contributed by atoms with Gasteiger partial charge in [-0.3, -0.25) is 10.1 Å². The molecule has 22 heavy (non-hydrogen) atoms. The third kappa shape index (κ3) is 4.41. The maximum Gasteiger partial charge on any atom is 0.416 e. The van der Waals surface area contributed by atoms with E-state index in [9.17, 15) is 18.0 Å². The van der Waals surface area contributed by atoms with Gasteiger partial charge in [0.25, 0.3) is 5.91 Å². The molecule has 0 aliphatic rings. The van der Waals surface area contributed by atoms with Crippen molar-refractivity contribution in [2.45, 2.75) is 19.0 Å². The number of amides is 1. The van der Waals surface area contributed by atoms with Gasteiger partial charge < -0.3 is 0 Å². The molecule has 1 amide bonds. The predicted octanol–water partition coefficient (Wildman–Crippen LogP) is 3.98. The van der Waals surface area contributed by atoms with E-state index < -0.39 is 17.6 Å². The van der Waals surface area contributed by atoms with E-state index in [0.717, 1.165) is 35.7 Å². The van der Waals surface area contributed by atoms with E-state index in [1.54, 1.807) is 0 Å². The number of halogens is 4. The summed E-state index contributed by atoms with van der Waals surface area (Å²) in [6, 6.07) is 3.96. The normalized spacial score (nSPS) is 11.5. The van der Waals surface area contributed by atoms with E-state index in [1.807, 2.05) is 0 Å². The number of alkyl halides is 4. The number of rotatable bonds is 5. The first-order chi connectivity index (χ1) is 10.4. The molecule has 1 N–H and O–H groups in total. The smallest absolute Gasteiger partial charge is 0.296 e. The van der Waals surface area contributed by atoms with Crippen molar-refractivity contribution in [2.24, 2.45) is 0 Å². The van der Waals surface area contributed by atoms with Gasteiger partial charge in [-0.1, -0.05) is 11.3 Å². The molecule has 1 heterocycles. The molecule has 1 aromatic carbocycles. The van der Waals surface area contributed by atoms with Crippen LogP contribution in [0.5, 0.6) is 0 Å². The minimum absolute atomic E-state index is 0.116. The van der Waals surface area contributed by atoms with Crippen LogP contribution in [-0.2, 0) is 12.6 Å². The molecule has 2 aromatic rings. The molecule has 0 unspecified atom stereocenters. The summed E-state index contributed by atoms with van der Waals surface area (Å²) in [5.41, 5.74) is -0.686. The van der Waals surface area contributed by atoms with Crippen LogP contribution < -0.4 is 5.32 Å². The average molecular weight is 350 g/mol. The van der Waals surface area contributed by atoms with Gasteiger partial charge in [0.05, 0.1) is 5.56 Å². The van der Waals surface area contributed by atoms with Gasteiger partial charge in [-0.2, -0.15) is 13.2 Å². The molecule has 118 valence electrons. The van der Waals surface area contributed by atoms with Crippen molar-refractivity contribution in [3.05, 3.63) is 40.4 Å². The highest BCUT2D eigenvalue weighted by molar-refractivity contribution is 7.15. The molecule has 0 saturated carbocycles. The summed E-state index contributed by atoms with van der Waals surface area (Å²) in [6.07, 6.45) is -3.01. The largest absolute Gasteiger partial charge is 0.416 e. The maximum atomic E-state index is 12.4. The second-order valence-electron chi connectivity index (χ2n) is 4.32. The SMILES string of the molecule is O=C(Nc1nnc(CCCCl)s1)c1ccc(C(F)(F)F)cc1. The van der Waals surface area contributed by atoms with Crippen molar-refractivity contribution in [3.8, 4) is 0 Å². The highest BCUT2D eigenvalue weighted by Crippen LogP contribution is 2.29. The van der Waals surface area contributed by atoms with Crippen LogP contribution >= 0.6 is 22.9 Å². The molecule has 0 spiro atoms. The molecule has 4 nitrogen and oxygen atoms in total. The number of carbonyl (C=O) groups excluding carboxylic acids is 1. The number of benzene rings is 1. The van der Waals surface area contributed by atoms with Gasteiger partial charge in [-0.05, 0) is 30.7 Å². The lowest BCUT2D eigenvalue weighted by molar-refractivity contribution is -0.137. The summed E-state index contributed by atoms with van der Waals surface area (Å²) < 4.78 is 37.3. The van der Waals surface area contributed by atoms with Crippen LogP contribution in [0.15, 0.2) is 24.3 Å². The van der Waals surface area contributed by atoms with E-state index in [2.05, 4.69) is 15.5 Å². The number of anilines is 1. The quantitative estimate of drug-likeness (QED) is 0.831. The highest BCUT2D eigenvalue weighted by atomic mass is 35.5. The van der Waals surface area contributed by atoms with Crippen LogP contribution in [0.4, 0.5) is 18.3 Å². The van der Waals surface area contributed by atoms with Gasteiger partial charge in [0.15, 0.2) is 0 Å². The number of hydrogen-bond acceptors (Lipinski definition) is 4. The van der Waals surface area contributed by atoms with Crippen LogP contribution in [0.3, 0.4) is 0 Å². The first-order valence-electron chi connectivity index (χ1n) is 6.27. The van der Waals surface area contributed by atoms with E-state index in [0.29, 0.717) is 17.4 Å². The summed E-state index contributed by atoms with van der Waals surface area (Å²) in [6.45, 7) is 0. The van der Waals surface area contributed by atoms with Gasteiger partial charge in [0.1, 0.15) is 5.01 Å². The Morgan fingerprint density at radius 2 is 1.91 bits per heavy atom. The maximum absolute atomic E-state index is 12.4. The molecule has 9 heteroatoms. The molecule has 1 aromatic heterocycles. The molecule has 0 radical (unpaired) electrons. The van der Waals surface area contributed by atoms with Gasteiger partial charge in [0.2, 0.25) is 5.13 Å². The standard InChI is InChI=1S/C13H11ClF3N3OS/c14-7-1-2-10-19-20-12(22-10)18-11(21)8-3-5-9(6-4-8)13(15,16)17/h3-6H,1-2,7H2,(H,18,20,21). The summed E-state index contributed by atoms with van der Waals surface area (Å²) in [7, 11) is 0. The number of aromatic nitrogens is 2. The van der Waals surface area contributed by atoms with Gasteiger partial charge >= 0.3 is 6.18 Å². The topological polar surface area (TPSA) is 54.9 Å². The van der Waals surface area contributed by atoms with Gasteiger partial charge in [-0.15, -0.1) is 21.8 Å². The van der Waals surface area contributed by atoms with Crippen LogP contribution in [0.1, 0.15) is 27.3 Å². The van der Waals surface area contributed by atoms with E-state index in [1.165, 1.54) is 11.3 Å². The van der Waals surface area contributed by atoms with Crippen molar-refractivity contribution >= 4 is 34.0 Å². The zero-order valence-electron chi connectivity index (χ0n) is 11.2. The lowest BCUT2D eigenvalue weighted by Gasteiger charge is -2.07. The fraction of sp³-hybridized carbons (Fsp3) is 0.308. The molecular weight excluding hydrogens is 339 g/mol. The number of aryl methyl sites for hydroxylation is 1. The van der Waals surface area contributed by atoms with Gasteiger partial charge in [-0.25, -0.2) is 0 Å². The van der Waals surface area contributed by atoms with Crippen LogP contribution in [0, 0.1) is 0 Å². The minimum atomic E-state index is -4.43. The Hall–Kier alpha value is -1.67. The molecule has 0 aliphatic carbocycles. The predicted molar refractivity (Wildman–Crippen MR) is 78.3 cm³/mol. The number of nitrogens with zero attached hydrogens (tertiary/aromatic N) is 2. The average Bonchev–Trinajstić information content (AvgIpc) is 2.92. The van der Waals surface area contributed by atoms with Gasteiger partial charge in [0, 0.05) is 17.9 Å². The van der Waals surface area contributed by atoms with Crippen molar-refractivity contribution in [2.75, 3.05) is 11.2 Å². The summed E-state index contributed by atoms with van der Waals surface area (Å²) >= 11 is 6.78. The van der Waals surface area contributed by atoms with E-state index in [-0.39, 0.29) is 5.56 Å². The first-order valence-corrected chi connectivity index (χ1v) is 7.62. The van der Waals surface area contributed by atoms with Crippen molar-refractivity contribution in [3.63, 3.8) is 0 Å². The lowest BCUT2D eigenvalue weighted by Crippen LogP contribution is -2.12. The molecule has 0 fully saturated rings. The zero-order valence-corrected chi connectivity index (χ0v) is 12.7. The Morgan fingerprint density at radius 1 is 1.23 bits per heavy atom. The molecule has 0 saturated heterocycles. The molecular formula is C13H11ClF3N3OS. The summed E-state index contributed by atoms with van der Waals surface area (Å²) in [4.78, 5) is 11.9. The zero-order chi connectivity index (χ0) is 16.2. The minimum Gasteiger partial charge on any atom is -0.296 e. The Bertz CT molecular complexity index is 643. The Kier molecular flexibility index (Phi) is 5.36. The monoisotopic (exact) mass is 349 g/mol. The summed E-state index contributed by atoms with van der Waals surface area (Å²) in [5.74, 6) is -0.0268. The number of hydrogen-bond donors (Lipinski definition) is 1. The Morgan fingerprint density at radius 3 is 2.50 bits per heavy atom. The first kappa shape index (κ1) is 16.7. The highest BCUT2D eigenvalue weighted by Gasteiger charge is 2.30. The Labute approximate surface area is 133 Å². The third-order valence-corrected chi connectivity index (χ3v) is 3.85. The van der Waals surface area contributed by atoms with Crippen molar-refractivity contribution < 1.29 is 18.0 Å². The van der Waals surface area contributed by atoms with Crippen LogP contribution in [-0.4, -0.2) is 22.0 Å². The molecule has 0 atom stereocenters. The summed E-state index contributed by atoms with van der Waals surface area (Å²) in [5, 5.41) is 11.2. The Balaban J connectivity index is 2.01.